The van der Waals surface area contributed by atoms with Crippen molar-refractivity contribution in [2.75, 3.05) is 13.7 Å². The molecule has 2 fully saturated rings. The van der Waals surface area contributed by atoms with Gasteiger partial charge in [-0.05, 0) is 25.8 Å². The lowest BCUT2D eigenvalue weighted by atomic mass is 9.71. The van der Waals surface area contributed by atoms with E-state index in [-0.39, 0.29) is 11.4 Å². The van der Waals surface area contributed by atoms with Crippen LogP contribution in [0, 0.1) is 5.41 Å². The molecule has 0 amide bonds. The third-order valence-electron chi connectivity index (χ3n) is 3.59. The highest BCUT2D eigenvalue weighted by Gasteiger charge is 2.50. The number of nitrogens with one attached hydrogen (secondary N) is 1. The molecule has 1 aliphatic carbocycles. The SMILES string of the molecule is COC(=O)C12CCCCC1NCC2. The second-order valence-electron chi connectivity index (χ2n) is 4.15. The van der Waals surface area contributed by atoms with Crippen LogP contribution in [0.2, 0.25) is 0 Å². The van der Waals surface area contributed by atoms with E-state index in [4.69, 9.17) is 4.74 Å². The van der Waals surface area contributed by atoms with Crippen molar-refractivity contribution in [3.05, 3.63) is 0 Å². The molecule has 0 spiro atoms. The van der Waals surface area contributed by atoms with Crippen LogP contribution in [0.15, 0.2) is 0 Å². The highest BCUT2D eigenvalue weighted by molar-refractivity contribution is 5.78. The molecule has 3 heteroatoms. The average Bonchev–Trinajstić information content (AvgIpc) is 2.61. The normalized spacial score (nSPS) is 38.4. The van der Waals surface area contributed by atoms with Crippen LogP contribution < -0.4 is 5.32 Å². The van der Waals surface area contributed by atoms with Gasteiger partial charge in [-0.3, -0.25) is 4.79 Å². The molecule has 1 heterocycles. The molecule has 3 nitrogen and oxygen atoms in total. The van der Waals surface area contributed by atoms with Crippen molar-refractivity contribution in [1.82, 2.24) is 5.32 Å². The maximum atomic E-state index is 11.7. The Labute approximate surface area is 78.8 Å². The number of methoxy groups -OCH3 is 1. The first kappa shape index (κ1) is 9.00. The summed E-state index contributed by atoms with van der Waals surface area (Å²) in [6.45, 7) is 0.972. The molecule has 2 rings (SSSR count). The van der Waals surface area contributed by atoms with E-state index in [1.807, 2.05) is 0 Å². The van der Waals surface area contributed by atoms with Gasteiger partial charge >= 0.3 is 5.97 Å². The van der Waals surface area contributed by atoms with Crippen LogP contribution in [-0.4, -0.2) is 25.7 Å². The summed E-state index contributed by atoms with van der Waals surface area (Å²) in [5.41, 5.74) is -0.174. The van der Waals surface area contributed by atoms with E-state index in [9.17, 15) is 4.79 Å². The average molecular weight is 183 g/mol. The number of ether oxygens (including phenoxy) is 1. The molecule has 1 saturated heterocycles. The van der Waals surface area contributed by atoms with E-state index < -0.39 is 0 Å². The van der Waals surface area contributed by atoms with Crippen molar-refractivity contribution in [2.45, 2.75) is 38.1 Å². The summed E-state index contributed by atoms with van der Waals surface area (Å²) in [7, 11) is 1.50. The lowest BCUT2D eigenvalue weighted by Gasteiger charge is -2.36. The van der Waals surface area contributed by atoms with Crippen LogP contribution in [0.1, 0.15) is 32.1 Å². The standard InChI is InChI=1S/C10H17NO2/c1-13-9(12)10-5-3-2-4-8(10)11-7-6-10/h8,11H,2-7H2,1H3. The van der Waals surface area contributed by atoms with Gasteiger partial charge in [-0.2, -0.15) is 0 Å². The van der Waals surface area contributed by atoms with E-state index in [0.717, 1.165) is 25.8 Å². The van der Waals surface area contributed by atoms with Gasteiger partial charge in [-0.1, -0.05) is 12.8 Å². The summed E-state index contributed by atoms with van der Waals surface area (Å²) < 4.78 is 4.92. The number of hydrogen-bond donors (Lipinski definition) is 1. The molecule has 0 radical (unpaired) electrons. The van der Waals surface area contributed by atoms with Gasteiger partial charge in [0.25, 0.3) is 0 Å². The van der Waals surface area contributed by atoms with Gasteiger partial charge in [0.15, 0.2) is 0 Å². The molecule has 0 aromatic rings. The van der Waals surface area contributed by atoms with Gasteiger partial charge < -0.3 is 10.1 Å². The number of esters is 1. The first-order valence-corrected chi connectivity index (χ1v) is 5.11. The molecule has 13 heavy (non-hydrogen) atoms. The van der Waals surface area contributed by atoms with Crippen LogP contribution in [-0.2, 0) is 9.53 Å². The fourth-order valence-electron chi connectivity index (χ4n) is 2.86. The fourth-order valence-corrected chi connectivity index (χ4v) is 2.86. The monoisotopic (exact) mass is 183 g/mol. The molecule has 2 unspecified atom stereocenters. The highest BCUT2D eigenvalue weighted by atomic mass is 16.5. The zero-order valence-corrected chi connectivity index (χ0v) is 8.14. The Hall–Kier alpha value is -0.570. The third-order valence-corrected chi connectivity index (χ3v) is 3.59. The summed E-state index contributed by atoms with van der Waals surface area (Å²) in [6.07, 6.45) is 5.53. The Morgan fingerprint density at radius 1 is 1.46 bits per heavy atom. The maximum Gasteiger partial charge on any atom is 0.313 e. The Morgan fingerprint density at radius 2 is 2.31 bits per heavy atom. The summed E-state index contributed by atoms with van der Waals surface area (Å²) in [5, 5.41) is 3.41. The first-order valence-electron chi connectivity index (χ1n) is 5.11. The minimum absolute atomic E-state index is 0.00204. The third kappa shape index (κ3) is 1.26. The molecule has 2 atom stereocenters. The summed E-state index contributed by atoms with van der Waals surface area (Å²) in [6, 6.07) is 0.383. The number of carbonyl (C=O) groups is 1. The van der Waals surface area contributed by atoms with Crippen LogP contribution in [0.5, 0.6) is 0 Å². The zero-order valence-electron chi connectivity index (χ0n) is 8.14. The van der Waals surface area contributed by atoms with E-state index in [0.29, 0.717) is 6.04 Å². The van der Waals surface area contributed by atoms with Crippen LogP contribution in [0.25, 0.3) is 0 Å². The minimum Gasteiger partial charge on any atom is -0.469 e. The number of carbonyl (C=O) groups excluding carboxylic acids is 1. The Kier molecular flexibility index (Phi) is 2.28. The summed E-state index contributed by atoms with van der Waals surface area (Å²) in [5.74, 6) is 0.00204. The first-order chi connectivity index (χ1) is 6.29. The minimum atomic E-state index is -0.174. The second-order valence-corrected chi connectivity index (χ2v) is 4.15. The van der Waals surface area contributed by atoms with Crippen LogP contribution in [0.4, 0.5) is 0 Å². The van der Waals surface area contributed by atoms with E-state index in [1.165, 1.54) is 20.0 Å². The van der Waals surface area contributed by atoms with Gasteiger partial charge in [-0.15, -0.1) is 0 Å². The number of rotatable bonds is 1. The van der Waals surface area contributed by atoms with Crippen molar-refractivity contribution >= 4 is 5.97 Å². The van der Waals surface area contributed by atoms with Crippen LogP contribution >= 0.6 is 0 Å². The predicted molar refractivity (Wildman–Crippen MR) is 49.3 cm³/mol. The van der Waals surface area contributed by atoms with Crippen molar-refractivity contribution < 1.29 is 9.53 Å². The van der Waals surface area contributed by atoms with E-state index >= 15 is 0 Å². The predicted octanol–water partition coefficient (Wildman–Crippen LogP) is 1.08. The molecule has 1 saturated carbocycles. The van der Waals surface area contributed by atoms with E-state index in [1.54, 1.807) is 0 Å². The Bertz CT molecular complexity index is 217. The molecule has 1 aliphatic heterocycles. The molecular formula is C10H17NO2. The Morgan fingerprint density at radius 3 is 3.08 bits per heavy atom. The largest absolute Gasteiger partial charge is 0.469 e. The summed E-state index contributed by atoms with van der Waals surface area (Å²) in [4.78, 5) is 11.7. The quantitative estimate of drug-likeness (QED) is 0.618. The molecule has 0 aromatic carbocycles. The van der Waals surface area contributed by atoms with Gasteiger partial charge in [0.2, 0.25) is 0 Å². The summed E-state index contributed by atoms with van der Waals surface area (Å²) >= 11 is 0. The van der Waals surface area contributed by atoms with Gasteiger partial charge in [0.05, 0.1) is 12.5 Å². The van der Waals surface area contributed by atoms with Gasteiger partial charge in [0, 0.05) is 6.04 Å². The second kappa shape index (κ2) is 3.29. The molecule has 1 N–H and O–H groups in total. The van der Waals surface area contributed by atoms with Gasteiger partial charge in [0.1, 0.15) is 0 Å². The molecule has 0 aromatic heterocycles. The molecular weight excluding hydrogens is 166 g/mol. The van der Waals surface area contributed by atoms with Crippen molar-refractivity contribution in [3.63, 3.8) is 0 Å². The van der Waals surface area contributed by atoms with Crippen molar-refractivity contribution in [2.24, 2.45) is 5.41 Å². The molecule has 2 aliphatic rings. The lowest BCUT2D eigenvalue weighted by Crippen LogP contribution is -2.45. The van der Waals surface area contributed by atoms with Crippen LogP contribution in [0.3, 0.4) is 0 Å². The topological polar surface area (TPSA) is 38.3 Å². The van der Waals surface area contributed by atoms with E-state index in [2.05, 4.69) is 5.32 Å². The number of hydrogen-bond acceptors (Lipinski definition) is 3. The zero-order chi connectivity index (χ0) is 9.31. The smallest absolute Gasteiger partial charge is 0.313 e. The maximum absolute atomic E-state index is 11.7. The van der Waals surface area contributed by atoms with Crippen molar-refractivity contribution in [1.29, 1.82) is 0 Å². The highest BCUT2D eigenvalue weighted by Crippen LogP contribution is 2.43. The lowest BCUT2D eigenvalue weighted by molar-refractivity contribution is -0.155. The molecule has 74 valence electrons. The van der Waals surface area contributed by atoms with Crippen molar-refractivity contribution in [3.8, 4) is 0 Å². The number of fused-ring (bicyclic) bond motifs is 1. The Balaban J connectivity index is 2.20. The molecule has 0 bridgehead atoms. The van der Waals surface area contributed by atoms with Gasteiger partial charge in [-0.25, -0.2) is 0 Å². The fraction of sp³-hybridized carbons (Fsp3) is 0.900.